The van der Waals surface area contributed by atoms with Crippen LogP contribution in [0.1, 0.15) is 31.2 Å². The summed E-state index contributed by atoms with van der Waals surface area (Å²) in [6.07, 6.45) is 2.10. The molecule has 2 unspecified atom stereocenters. The van der Waals surface area contributed by atoms with Gasteiger partial charge in [0.25, 0.3) is 0 Å². The number of ether oxygens (including phenoxy) is 1. The van der Waals surface area contributed by atoms with E-state index >= 15 is 0 Å². The predicted octanol–water partition coefficient (Wildman–Crippen LogP) is 1.39. The second-order valence-electron chi connectivity index (χ2n) is 8.57. The number of piperidine rings is 1. The van der Waals surface area contributed by atoms with Gasteiger partial charge in [-0.3, -0.25) is 4.79 Å². The number of urea groups is 1. The van der Waals surface area contributed by atoms with E-state index in [1.165, 1.54) is 17.7 Å². The van der Waals surface area contributed by atoms with E-state index in [0.29, 0.717) is 25.0 Å². The van der Waals surface area contributed by atoms with Crippen LogP contribution in [-0.4, -0.2) is 79.3 Å². The van der Waals surface area contributed by atoms with E-state index in [9.17, 15) is 9.59 Å². The van der Waals surface area contributed by atoms with Gasteiger partial charge in [0.2, 0.25) is 5.91 Å². The maximum atomic E-state index is 12.8. The monoisotopic (exact) mass is 384 g/mol. The van der Waals surface area contributed by atoms with E-state index in [1.807, 2.05) is 9.80 Å². The Labute approximate surface area is 165 Å². The van der Waals surface area contributed by atoms with Crippen molar-refractivity contribution >= 4 is 17.6 Å². The summed E-state index contributed by atoms with van der Waals surface area (Å²) in [5.41, 5.74) is 2.61. The van der Waals surface area contributed by atoms with Gasteiger partial charge in [0.05, 0.1) is 12.1 Å². The summed E-state index contributed by atoms with van der Waals surface area (Å²) in [4.78, 5) is 30.6. The lowest BCUT2D eigenvalue weighted by molar-refractivity contribution is -0.139. The minimum atomic E-state index is -0.0874. The lowest BCUT2D eigenvalue weighted by atomic mass is 9.91. The fraction of sp³-hybridized carbons (Fsp3) is 0.619. The van der Waals surface area contributed by atoms with Crippen LogP contribution in [0.2, 0.25) is 0 Å². The van der Waals surface area contributed by atoms with Crippen molar-refractivity contribution in [2.24, 2.45) is 0 Å². The lowest BCUT2D eigenvalue weighted by Crippen LogP contribution is -2.63. The molecule has 0 aromatic heterocycles. The highest BCUT2D eigenvalue weighted by Crippen LogP contribution is 2.32. The Morgan fingerprint density at radius 3 is 2.54 bits per heavy atom. The van der Waals surface area contributed by atoms with Crippen molar-refractivity contribution < 1.29 is 14.3 Å². The molecule has 4 fully saturated rings. The summed E-state index contributed by atoms with van der Waals surface area (Å²) in [7, 11) is 0. The van der Waals surface area contributed by atoms with Crippen molar-refractivity contribution in [2.45, 2.75) is 43.9 Å². The molecule has 7 nitrogen and oxygen atoms in total. The molecule has 0 radical (unpaired) electrons. The van der Waals surface area contributed by atoms with Crippen molar-refractivity contribution in [3.63, 3.8) is 0 Å². The van der Waals surface area contributed by atoms with Crippen LogP contribution < -0.4 is 10.2 Å². The van der Waals surface area contributed by atoms with Crippen molar-refractivity contribution in [2.75, 3.05) is 44.2 Å². The van der Waals surface area contributed by atoms with Gasteiger partial charge in [-0.05, 0) is 37.5 Å². The molecule has 1 aromatic rings. The Morgan fingerprint density at radius 2 is 1.86 bits per heavy atom. The van der Waals surface area contributed by atoms with Gasteiger partial charge < -0.3 is 24.8 Å². The number of carbonyl (C=O) groups is 2. The fourth-order valence-electron chi connectivity index (χ4n) is 4.76. The zero-order valence-corrected chi connectivity index (χ0v) is 16.3. The first kappa shape index (κ1) is 17.8. The van der Waals surface area contributed by atoms with Gasteiger partial charge in [0.1, 0.15) is 6.61 Å². The number of benzene rings is 1. The fourth-order valence-corrected chi connectivity index (χ4v) is 4.76. The third-order valence-corrected chi connectivity index (χ3v) is 6.76. The van der Waals surface area contributed by atoms with Gasteiger partial charge >= 0.3 is 6.03 Å². The van der Waals surface area contributed by atoms with Gasteiger partial charge in [-0.25, -0.2) is 4.79 Å². The average Bonchev–Trinajstić information content (AvgIpc) is 2.66. The molecule has 0 saturated carbocycles. The van der Waals surface area contributed by atoms with Crippen LogP contribution in [0.25, 0.3) is 0 Å². The lowest BCUT2D eigenvalue weighted by Gasteiger charge is -2.46. The molecule has 150 valence electrons. The summed E-state index contributed by atoms with van der Waals surface area (Å²) in [6, 6.07) is 9.51. The minimum Gasteiger partial charge on any atom is -0.369 e. The Bertz CT molecular complexity index is 761. The second-order valence-corrected chi connectivity index (χ2v) is 8.57. The van der Waals surface area contributed by atoms with Crippen molar-refractivity contribution in [1.29, 1.82) is 0 Å². The Kier molecular flexibility index (Phi) is 4.42. The Balaban J connectivity index is 1.14. The number of hydrogen-bond donors (Lipinski definition) is 1. The molecule has 0 aliphatic carbocycles. The molecular weight excluding hydrogens is 356 g/mol. The third-order valence-electron chi connectivity index (χ3n) is 6.76. The normalized spacial score (nSPS) is 30.2. The topological polar surface area (TPSA) is 65.1 Å². The number of hydrogen-bond acceptors (Lipinski definition) is 4. The number of anilines is 1. The number of fused-ring (bicyclic) bond motifs is 1. The number of carbonyl (C=O) groups excluding carboxylic acids is 2. The number of amides is 3. The van der Waals surface area contributed by atoms with Crippen LogP contribution in [0.4, 0.5) is 10.5 Å². The average molecular weight is 384 g/mol. The molecule has 28 heavy (non-hydrogen) atoms. The standard InChI is InChI=1S/C21H28N4O3/c1-14-6-9-25(14)17-4-2-15(3-5-17)16-10-24(11-16)21(27)23-8-7-19-18(12-23)22-20(26)13-28-19/h2-5,14,16,18-19H,6-13H2,1H3,(H,22,26)/t14?,18-,19?/m1/s1. The van der Waals surface area contributed by atoms with Gasteiger partial charge in [-0.1, -0.05) is 12.1 Å². The van der Waals surface area contributed by atoms with Crippen molar-refractivity contribution in [1.82, 2.24) is 15.1 Å². The first-order chi connectivity index (χ1) is 13.6. The smallest absolute Gasteiger partial charge is 0.320 e. The van der Waals surface area contributed by atoms with E-state index < -0.39 is 0 Å². The molecule has 7 heteroatoms. The quantitative estimate of drug-likeness (QED) is 0.837. The molecule has 0 spiro atoms. The molecule has 4 heterocycles. The summed E-state index contributed by atoms with van der Waals surface area (Å²) in [6.45, 7) is 6.32. The van der Waals surface area contributed by atoms with Gasteiger partial charge in [-0.2, -0.15) is 0 Å². The SMILES string of the molecule is CC1CCN1c1ccc(C2CN(C(=O)N3CCC4OCC(=O)N[C@@H]4C3)C2)cc1. The number of nitrogens with one attached hydrogen (secondary N) is 1. The van der Waals surface area contributed by atoms with Crippen LogP contribution in [0, 0.1) is 0 Å². The number of morpholine rings is 1. The van der Waals surface area contributed by atoms with Crippen LogP contribution in [0.15, 0.2) is 24.3 Å². The highest BCUT2D eigenvalue weighted by atomic mass is 16.5. The molecule has 3 atom stereocenters. The number of likely N-dealkylation sites (tertiary alicyclic amines) is 2. The van der Waals surface area contributed by atoms with Gasteiger partial charge in [0.15, 0.2) is 0 Å². The van der Waals surface area contributed by atoms with Crippen LogP contribution in [0.5, 0.6) is 0 Å². The number of rotatable bonds is 2. The zero-order valence-electron chi connectivity index (χ0n) is 16.3. The third kappa shape index (κ3) is 3.11. The second kappa shape index (κ2) is 6.95. The molecule has 0 bridgehead atoms. The van der Waals surface area contributed by atoms with E-state index in [0.717, 1.165) is 26.1 Å². The largest absolute Gasteiger partial charge is 0.369 e. The molecular formula is C21H28N4O3. The molecule has 1 aromatic carbocycles. The molecule has 3 amide bonds. The highest BCUT2D eigenvalue weighted by molar-refractivity contribution is 5.79. The Morgan fingerprint density at radius 1 is 1.07 bits per heavy atom. The van der Waals surface area contributed by atoms with Crippen molar-refractivity contribution in [3.05, 3.63) is 29.8 Å². The summed E-state index contributed by atoms with van der Waals surface area (Å²) in [5, 5.41) is 2.96. The van der Waals surface area contributed by atoms with E-state index in [1.54, 1.807) is 0 Å². The van der Waals surface area contributed by atoms with E-state index in [4.69, 9.17) is 4.74 Å². The molecule has 1 N–H and O–H groups in total. The first-order valence-corrected chi connectivity index (χ1v) is 10.4. The summed E-state index contributed by atoms with van der Waals surface area (Å²) < 4.78 is 5.58. The maximum absolute atomic E-state index is 12.8. The van der Waals surface area contributed by atoms with Crippen LogP contribution >= 0.6 is 0 Å². The molecule has 5 rings (SSSR count). The van der Waals surface area contributed by atoms with Gasteiger partial charge in [-0.15, -0.1) is 0 Å². The zero-order chi connectivity index (χ0) is 19.3. The predicted molar refractivity (Wildman–Crippen MR) is 105 cm³/mol. The maximum Gasteiger partial charge on any atom is 0.320 e. The summed E-state index contributed by atoms with van der Waals surface area (Å²) >= 11 is 0. The highest BCUT2D eigenvalue weighted by Gasteiger charge is 2.40. The Hall–Kier alpha value is -2.28. The van der Waals surface area contributed by atoms with E-state index in [2.05, 4.69) is 41.4 Å². The first-order valence-electron chi connectivity index (χ1n) is 10.4. The molecule has 4 aliphatic heterocycles. The summed E-state index contributed by atoms with van der Waals surface area (Å²) in [5.74, 6) is 0.331. The minimum absolute atomic E-state index is 0.0403. The van der Waals surface area contributed by atoms with E-state index in [-0.39, 0.29) is 30.7 Å². The number of nitrogens with zero attached hydrogens (tertiary/aromatic N) is 3. The van der Waals surface area contributed by atoms with Crippen LogP contribution in [0.3, 0.4) is 0 Å². The molecule has 4 aliphatic rings. The van der Waals surface area contributed by atoms with Crippen molar-refractivity contribution in [3.8, 4) is 0 Å². The van der Waals surface area contributed by atoms with Crippen LogP contribution in [-0.2, 0) is 9.53 Å². The van der Waals surface area contributed by atoms with Gasteiger partial charge in [0, 0.05) is 50.4 Å². The molecule has 4 saturated heterocycles.